The highest BCUT2D eigenvalue weighted by Gasteiger charge is 2.25. The second kappa shape index (κ2) is 5.14. The summed E-state index contributed by atoms with van der Waals surface area (Å²) in [5, 5.41) is 0. The van der Waals surface area contributed by atoms with Gasteiger partial charge in [-0.2, -0.15) is 0 Å². The highest BCUT2D eigenvalue weighted by molar-refractivity contribution is 5.99. The summed E-state index contributed by atoms with van der Waals surface area (Å²) in [7, 11) is 0. The molecule has 0 unspecified atom stereocenters. The zero-order valence-electron chi connectivity index (χ0n) is 10.6. The van der Waals surface area contributed by atoms with E-state index >= 15 is 0 Å². The van der Waals surface area contributed by atoms with Crippen molar-refractivity contribution in [1.82, 2.24) is 4.90 Å². The molecule has 1 aliphatic heterocycles. The molecule has 1 amide bonds. The van der Waals surface area contributed by atoms with Crippen molar-refractivity contribution in [2.75, 3.05) is 6.54 Å². The van der Waals surface area contributed by atoms with Gasteiger partial charge in [0.1, 0.15) is 5.76 Å². The van der Waals surface area contributed by atoms with Gasteiger partial charge in [-0.3, -0.25) is 4.79 Å². The number of nitrogens with zero attached hydrogens (tertiary/aromatic N) is 1. The smallest absolute Gasteiger partial charge is 0.250 e. The first-order valence-corrected chi connectivity index (χ1v) is 6.40. The van der Waals surface area contributed by atoms with Gasteiger partial charge in [-0.1, -0.05) is 30.3 Å². The van der Waals surface area contributed by atoms with Gasteiger partial charge in [0.25, 0.3) is 0 Å². The number of amides is 1. The lowest BCUT2D eigenvalue weighted by atomic mass is 10.2. The van der Waals surface area contributed by atoms with Crippen molar-refractivity contribution in [2.24, 2.45) is 0 Å². The van der Waals surface area contributed by atoms with Crippen LogP contribution in [0.15, 0.2) is 58.7 Å². The Balaban J connectivity index is 1.72. The minimum Gasteiger partial charge on any atom is -0.465 e. The van der Waals surface area contributed by atoms with E-state index < -0.39 is 0 Å². The first-order valence-electron chi connectivity index (χ1n) is 6.40. The maximum atomic E-state index is 12.3. The van der Waals surface area contributed by atoms with Crippen molar-refractivity contribution in [2.45, 2.75) is 13.0 Å². The highest BCUT2D eigenvalue weighted by atomic mass is 16.3. The normalized spacial score (nSPS) is 17.4. The average Bonchev–Trinajstić information content (AvgIpc) is 3.05. The molecule has 2 heterocycles. The van der Waals surface area contributed by atoms with E-state index in [1.807, 2.05) is 53.4 Å². The summed E-state index contributed by atoms with van der Waals surface area (Å²) in [6, 6.07) is 13.7. The van der Waals surface area contributed by atoms with Gasteiger partial charge in [0.15, 0.2) is 0 Å². The zero-order chi connectivity index (χ0) is 13.1. The van der Waals surface area contributed by atoms with Gasteiger partial charge in [-0.25, -0.2) is 0 Å². The monoisotopic (exact) mass is 253 g/mol. The molecule has 2 aromatic rings. The number of rotatable bonds is 3. The largest absolute Gasteiger partial charge is 0.465 e. The standard InChI is InChI=1S/C16H15NO2/c18-16-14(11-15-7-4-10-19-15)8-9-17(16)12-13-5-2-1-3-6-13/h1-7,10-11H,8-9,12H2/b14-11-. The van der Waals surface area contributed by atoms with Crippen LogP contribution in [-0.2, 0) is 11.3 Å². The third kappa shape index (κ3) is 2.60. The molecule has 3 rings (SSSR count). The molecule has 3 heteroatoms. The lowest BCUT2D eigenvalue weighted by Gasteiger charge is -2.14. The Kier molecular flexibility index (Phi) is 3.19. The number of furan rings is 1. The molecule has 0 radical (unpaired) electrons. The fourth-order valence-electron chi connectivity index (χ4n) is 2.30. The number of carbonyl (C=O) groups excluding carboxylic acids is 1. The molecule has 19 heavy (non-hydrogen) atoms. The Bertz CT molecular complexity index is 584. The van der Waals surface area contributed by atoms with Crippen molar-refractivity contribution in [3.8, 4) is 0 Å². The Morgan fingerprint density at radius 2 is 2.00 bits per heavy atom. The fourth-order valence-corrected chi connectivity index (χ4v) is 2.30. The average molecular weight is 253 g/mol. The maximum absolute atomic E-state index is 12.3. The summed E-state index contributed by atoms with van der Waals surface area (Å²) in [5.41, 5.74) is 1.99. The van der Waals surface area contributed by atoms with Crippen LogP contribution in [0.1, 0.15) is 17.7 Å². The first kappa shape index (κ1) is 11.8. The Hall–Kier alpha value is -2.29. The summed E-state index contributed by atoms with van der Waals surface area (Å²) in [4.78, 5) is 14.1. The maximum Gasteiger partial charge on any atom is 0.250 e. The quantitative estimate of drug-likeness (QED) is 0.787. The number of hydrogen-bond donors (Lipinski definition) is 0. The molecule has 1 aliphatic rings. The molecule has 0 spiro atoms. The third-order valence-electron chi connectivity index (χ3n) is 3.29. The van der Waals surface area contributed by atoms with E-state index in [9.17, 15) is 4.79 Å². The van der Waals surface area contributed by atoms with Gasteiger partial charge in [0.05, 0.1) is 6.26 Å². The predicted molar refractivity (Wildman–Crippen MR) is 73.2 cm³/mol. The van der Waals surface area contributed by atoms with E-state index in [0.29, 0.717) is 6.54 Å². The molecule has 3 nitrogen and oxygen atoms in total. The van der Waals surface area contributed by atoms with Gasteiger partial charge in [0, 0.05) is 18.7 Å². The van der Waals surface area contributed by atoms with Crippen LogP contribution < -0.4 is 0 Å². The Morgan fingerprint density at radius 3 is 2.74 bits per heavy atom. The van der Waals surface area contributed by atoms with Gasteiger partial charge < -0.3 is 9.32 Å². The summed E-state index contributed by atoms with van der Waals surface area (Å²) in [5.74, 6) is 0.852. The molecule has 0 N–H and O–H groups in total. The van der Waals surface area contributed by atoms with E-state index in [-0.39, 0.29) is 5.91 Å². The molecule has 1 aromatic heterocycles. The number of benzene rings is 1. The minimum atomic E-state index is 0.111. The van der Waals surface area contributed by atoms with Crippen molar-refractivity contribution >= 4 is 12.0 Å². The molecule has 1 saturated heterocycles. The molecule has 1 aromatic carbocycles. The first-order chi connectivity index (χ1) is 9.33. The van der Waals surface area contributed by atoms with Crippen molar-refractivity contribution in [3.63, 3.8) is 0 Å². The van der Waals surface area contributed by atoms with E-state index in [2.05, 4.69) is 0 Å². The third-order valence-corrected chi connectivity index (χ3v) is 3.29. The topological polar surface area (TPSA) is 33.5 Å². The van der Waals surface area contributed by atoms with Crippen LogP contribution in [0.5, 0.6) is 0 Å². The highest BCUT2D eigenvalue weighted by Crippen LogP contribution is 2.22. The molecule has 0 atom stereocenters. The summed E-state index contributed by atoms with van der Waals surface area (Å²) in [6.45, 7) is 1.45. The van der Waals surface area contributed by atoms with Gasteiger partial charge in [-0.05, 0) is 30.2 Å². The molecule has 1 fully saturated rings. The number of hydrogen-bond acceptors (Lipinski definition) is 2. The van der Waals surface area contributed by atoms with E-state index in [1.165, 1.54) is 0 Å². The van der Waals surface area contributed by atoms with Crippen LogP contribution in [0, 0.1) is 0 Å². The van der Waals surface area contributed by atoms with Gasteiger partial charge in [-0.15, -0.1) is 0 Å². The predicted octanol–water partition coefficient (Wildman–Crippen LogP) is 3.10. The molecular weight excluding hydrogens is 238 g/mol. The summed E-state index contributed by atoms with van der Waals surface area (Å²) in [6.07, 6.45) is 4.24. The molecule has 0 bridgehead atoms. The van der Waals surface area contributed by atoms with Gasteiger partial charge >= 0.3 is 0 Å². The molecular formula is C16H15NO2. The summed E-state index contributed by atoms with van der Waals surface area (Å²) < 4.78 is 5.25. The number of likely N-dealkylation sites (tertiary alicyclic amines) is 1. The summed E-state index contributed by atoms with van der Waals surface area (Å²) >= 11 is 0. The lowest BCUT2D eigenvalue weighted by Crippen LogP contribution is -2.24. The molecule has 96 valence electrons. The van der Waals surface area contributed by atoms with Crippen LogP contribution in [0.3, 0.4) is 0 Å². The second-order valence-corrected chi connectivity index (χ2v) is 4.65. The second-order valence-electron chi connectivity index (χ2n) is 4.65. The zero-order valence-corrected chi connectivity index (χ0v) is 10.6. The Morgan fingerprint density at radius 1 is 1.16 bits per heavy atom. The van der Waals surface area contributed by atoms with Crippen LogP contribution in [0.2, 0.25) is 0 Å². The lowest BCUT2D eigenvalue weighted by molar-refractivity contribution is -0.125. The van der Waals surface area contributed by atoms with E-state index in [0.717, 1.165) is 29.9 Å². The molecule has 0 aliphatic carbocycles. The van der Waals surface area contributed by atoms with Crippen molar-refractivity contribution in [1.29, 1.82) is 0 Å². The molecule has 0 saturated carbocycles. The van der Waals surface area contributed by atoms with E-state index in [1.54, 1.807) is 6.26 Å². The van der Waals surface area contributed by atoms with Crippen LogP contribution in [0.25, 0.3) is 6.08 Å². The van der Waals surface area contributed by atoms with Crippen LogP contribution in [0.4, 0.5) is 0 Å². The Labute approximate surface area is 112 Å². The van der Waals surface area contributed by atoms with Crippen molar-refractivity contribution in [3.05, 3.63) is 65.6 Å². The van der Waals surface area contributed by atoms with Gasteiger partial charge in [0.2, 0.25) is 5.91 Å². The minimum absolute atomic E-state index is 0.111. The van der Waals surface area contributed by atoms with Crippen LogP contribution in [-0.4, -0.2) is 17.4 Å². The fraction of sp³-hybridized carbons (Fsp3) is 0.188. The number of carbonyl (C=O) groups is 1. The SMILES string of the molecule is O=C1/C(=C\c2ccco2)CCN1Cc1ccccc1. The van der Waals surface area contributed by atoms with E-state index in [4.69, 9.17) is 4.42 Å². The van der Waals surface area contributed by atoms with Crippen molar-refractivity contribution < 1.29 is 9.21 Å². The van der Waals surface area contributed by atoms with Crippen LogP contribution >= 0.6 is 0 Å².